The van der Waals surface area contributed by atoms with Crippen LogP contribution in [0.3, 0.4) is 0 Å². The fourth-order valence-corrected chi connectivity index (χ4v) is 1.59. The van der Waals surface area contributed by atoms with Gasteiger partial charge < -0.3 is 15.5 Å². The average molecular weight is 272 g/mol. The third-order valence-corrected chi connectivity index (χ3v) is 2.43. The lowest BCUT2D eigenvalue weighted by molar-refractivity contribution is -0.124. The maximum atomic E-state index is 11.2. The minimum Gasteiger partial charge on any atom is -0.386 e. The first-order valence-corrected chi connectivity index (χ1v) is 6.13. The molecule has 0 saturated heterocycles. The van der Waals surface area contributed by atoms with E-state index in [9.17, 15) is 4.79 Å². The predicted octanol–water partition coefficient (Wildman–Crippen LogP) is 0.504. The molecule has 0 bridgehead atoms. The Labute approximate surface area is 108 Å². The summed E-state index contributed by atoms with van der Waals surface area (Å²) in [5.41, 5.74) is 0. The molecule has 1 aromatic heterocycles. The van der Waals surface area contributed by atoms with Gasteiger partial charge in [-0.1, -0.05) is 5.16 Å². The molecule has 1 aromatic rings. The van der Waals surface area contributed by atoms with Gasteiger partial charge in [0.15, 0.2) is 11.7 Å². The van der Waals surface area contributed by atoms with Gasteiger partial charge in [0, 0.05) is 18.1 Å². The minimum atomic E-state index is -0.354. The summed E-state index contributed by atoms with van der Waals surface area (Å²) in [4.78, 5) is 20.0. The first kappa shape index (κ1) is 13.5. The van der Waals surface area contributed by atoms with Crippen LogP contribution in [0.4, 0.5) is 0 Å². The van der Waals surface area contributed by atoms with Gasteiger partial charge in [-0.3, -0.25) is 4.79 Å². The van der Waals surface area contributed by atoms with E-state index in [1.54, 1.807) is 6.20 Å². The Morgan fingerprint density at radius 1 is 1.76 bits per heavy atom. The number of thiocarbonyl (C=S) groups is 1. The molecule has 0 fully saturated rings. The summed E-state index contributed by atoms with van der Waals surface area (Å²) in [5.74, 6) is -0.354. The van der Waals surface area contributed by atoms with Crippen molar-refractivity contribution in [2.75, 3.05) is 13.2 Å². The van der Waals surface area contributed by atoms with Crippen LogP contribution in [0.15, 0.2) is 16.7 Å². The van der Waals surface area contributed by atoms with E-state index in [0.29, 0.717) is 11.6 Å². The molecule has 0 unspecified atom stereocenters. The molecule has 6 nitrogen and oxygen atoms in total. The van der Waals surface area contributed by atoms with Crippen molar-refractivity contribution in [2.24, 2.45) is 5.16 Å². The fourth-order valence-electron chi connectivity index (χ4n) is 0.844. The number of rotatable bonds is 5. The standard InChI is InChI=1S/C9H12N4O2S2/c1-2-10-9(16)13-7(14)6-15-12-5-8-11-3-4-17-8/h3-5H,2,6H2,1H3,(H2,10,13,14,16)/b12-5+. The molecule has 0 saturated carbocycles. The first-order valence-electron chi connectivity index (χ1n) is 4.85. The van der Waals surface area contributed by atoms with E-state index in [0.717, 1.165) is 0 Å². The van der Waals surface area contributed by atoms with Gasteiger partial charge in [-0.15, -0.1) is 11.3 Å². The Bertz CT molecular complexity index is 392. The molecule has 17 heavy (non-hydrogen) atoms. The van der Waals surface area contributed by atoms with Crippen molar-refractivity contribution < 1.29 is 9.63 Å². The van der Waals surface area contributed by atoms with E-state index in [-0.39, 0.29) is 17.6 Å². The lowest BCUT2D eigenvalue weighted by Crippen LogP contribution is -2.40. The van der Waals surface area contributed by atoms with Gasteiger partial charge in [-0.25, -0.2) is 4.98 Å². The summed E-state index contributed by atoms with van der Waals surface area (Å²) in [7, 11) is 0. The number of carbonyl (C=O) groups excluding carboxylic acids is 1. The highest BCUT2D eigenvalue weighted by Crippen LogP contribution is 1.99. The van der Waals surface area contributed by atoms with Crippen molar-refractivity contribution in [1.29, 1.82) is 0 Å². The molecule has 1 rings (SSSR count). The maximum Gasteiger partial charge on any atom is 0.266 e. The van der Waals surface area contributed by atoms with Crippen molar-refractivity contribution in [1.82, 2.24) is 15.6 Å². The van der Waals surface area contributed by atoms with Gasteiger partial charge in [0.2, 0.25) is 0 Å². The molecule has 2 N–H and O–H groups in total. The number of oxime groups is 1. The fraction of sp³-hybridized carbons (Fsp3) is 0.333. The van der Waals surface area contributed by atoms with E-state index in [2.05, 4.69) is 20.8 Å². The highest BCUT2D eigenvalue weighted by atomic mass is 32.1. The topological polar surface area (TPSA) is 75.6 Å². The molecule has 8 heteroatoms. The molecule has 0 spiro atoms. The normalized spacial score (nSPS) is 10.2. The zero-order valence-electron chi connectivity index (χ0n) is 9.17. The summed E-state index contributed by atoms with van der Waals surface area (Å²) in [6.45, 7) is 2.35. The van der Waals surface area contributed by atoms with E-state index >= 15 is 0 Å². The summed E-state index contributed by atoms with van der Waals surface area (Å²) < 4.78 is 0. The predicted molar refractivity (Wildman–Crippen MR) is 70.1 cm³/mol. The second-order valence-electron chi connectivity index (χ2n) is 2.79. The number of nitrogens with one attached hydrogen (secondary N) is 2. The number of hydrogen-bond donors (Lipinski definition) is 2. The van der Waals surface area contributed by atoms with Crippen LogP contribution in [0.2, 0.25) is 0 Å². The number of carbonyl (C=O) groups is 1. The van der Waals surface area contributed by atoms with Crippen LogP contribution in [-0.2, 0) is 9.63 Å². The van der Waals surface area contributed by atoms with Gasteiger partial charge in [-0.2, -0.15) is 0 Å². The monoisotopic (exact) mass is 272 g/mol. The lowest BCUT2D eigenvalue weighted by atomic mass is 10.6. The number of thiazole rings is 1. The quantitative estimate of drug-likeness (QED) is 0.464. The molecule has 0 aliphatic heterocycles. The molecule has 1 amide bonds. The molecule has 1 heterocycles. The van der Waals surface area contributed by atoms with E-state index < -0.39 is 0 Å². The Balaban J connectivity index is 2.18. The molecule has 0 atom stereocenters. The number of aromatic nitrogens is 1. The molecule has 0 radical (unpaired) electrons. The van der Waals surface area contributed by atoms with Crippen LogP contribution < -0.4 is 10.6 Å². The molecular formula is C9H12N4O2S2. The molecule has 0 aliphatic rings. The Morgan fingerprint density at radius 3 is 3.24 bits per heavy atom. The zero-order chi connectivity index (χ0) is 12.5. The largest absolute Gasteiger partial charge is 0.386 e. The zero-order valence-corrected chi connectivity index (χ0v) is 10.8. The smallest absolute Gasteiger partial charge is 0.266 e. The highest BCUT2D eigenvalue weighted by molar-refractivity contribution is 7.80. The van der Waals surface area contributed by atoms with Crippen LogP contribution in [0.1, 0.15) is 11.9 Å². The van der Waals surface area contributed by atoms with Crippen LogP contribution in [0, 0.1) is 0 Å². The van der Waals surface area contributed by atoms with Gasteiger partial charge in [0.05, 0.1) is 0 Å². The number of hydrogen-bond acceptors (Lipinski definition) is 6. The summed E-state index contributed by atoms with van der Waals surface area (Å²) in [5, 5.41) is 11.7. The molecular weight excluding hydrogens is 260 g/mol. The Morgan fingerprint density at radius 2 is 2.59 bits per heavy atom. The third kappa shape index (κ3) is 5.93. The van der Waals surface area contributed by atoms with Gasteiger partial charge in [-0.05, 0) is 19.1 Å². The Kier molecular flexibility index (Phi) is 6.12. The number of nitrogens with zero attached hydrogens (tertiary/aromatic N) is 2. The van der Waals surface area contributed by atoms with Gasteiger partial charge in [0.1, 0.15) is 11.2 Å². The van der Waals surface area contributed by atoms with E-state index in [4.69, 9.17) is 17.1 Å². The van der Waals surface area contributed by atoms with E-state index in [1.165, 1.54) is 17.6 Å². The molecule has 0 aromatic carbocycles. The summed E-state index contributed by atoms with van der Waals surface area (Å²) >= 11 is 6.26. The maximum absolute atomic E-state index is 11.2. The van der Waals surface area contributed by atoms with E-state index in [1.807, 2.05) is 12.3 Å². The third-order valence-electron chi connectivity index (χ3n) is 1.48. The molecule has 92 valence electrons. The van der Waals surface area contributed by atoms with Crippen molar-refractivity contribution in [3.8, 4) is 0 Å². The SMILES string of the molecule is CCNC(=S)NC(=O)CO/N=C/c1nccs1. The van der Waals surface area contributed by atoms with Crippen molar-refractivity contribution in [2.45, 2.75) is 6.92 Å². The second-order valence-corrected chi connectivity index (χ2v) is 4.12. The second kappa shape index (κ2) is 7.69. The van der Waals surface area contributed by atoms with Crippen LogP contribution in [-0.4, -0.2) is 35.4 Å². The highest BCUT2D eigenvalue weighted by Gasteiger charge is 2.03. The minimum absolute atomic E-state index is 0.187. The Hall–Kier alpha value is -1.54. The average Bonchev–Trinajstić information content (AvgIpc) is 2.77. The van der Waals surface area contributed by atoms with Crippen molar-refractivity contribution in [3.63, 3.8) is 0 Å². The van der Waals surface area contributed by atoms with Gasteiger partial charge in [0.25, 0.3) is 5.91 Å². The molecule has 0 aliphatic carbocycles. The lowest BCUT2D eigenvalue weighted by Gasteiger charge is -2.05. The summed E-state index contributed by atoms with van der Waals surface area (Å²) in [6.07, 6.45) is 3.11. The number of amides is 1. The van der Waals surface area contributed by atoms with Crippen molar-refractivity contribution >= 4 is 40.8 Å². The summed E-state index contributed by atoms with van der Waals surface area (Å²) in [6, 6.07) is 0. The van der Waals surface area contributed by atoms with Crippen LogP contribution >= 0.6 is 23.6 Å². The van der Waals surface area contributed by atoms with Crippen LogP contribution in [0.25, 0.3) is 0 Å². The van der Waals surface area contributed by atoms with Crippen molar-refractivity contribution in [3.05, 3.63) is 16.6 Å². The van der Waals surface area contributed by atoms with Gasteiger partial charge >= 0.3 is 0 Å². The first-order chi connectivity index (χ1) is 8.22. The van der Waals surface area contributed by atoms with Crippen LogP contribution in [0.5, 0.6) is 0 Å².